The zero-order valence-corrected chi connectivity index (χ0v) is 15.7. The number of aromatic nitrogens is 2. The summed E-state index contributed by atoms with van der Waals surface area (Å²) in [4.78, 5) is 11.6. The summed E-state index contributed by atoms with van der Waals surface area (Å²) in [6, 6.07) is 1.99. The van der Waals surface area contributed by atoms with E-state index in [-0.39, 0.29) is 16.6 Å². The summed E-state index contributed by atoms with van der Waals surface area (Å²) in [5.74, 6) is 1.82. The van der Waals surface area contributed by atoms with E-state index in [2.05, 4.69) is 74.3 Å². The van der Waals surface area contributed by atoms with Crippen molar-refractivity contribution in [1.82, 2.24) is 9.97 Å². The van der Waals surface area contributed by atoms with E-state index in [1.54, 1.807) is 0 Å². The third-order valence-corrected chi connectivity index (χ3v) is 3.78. The third kappa shape index (κ3) is 4.16. The highest BCUT2D eigenvalue weighted by molar-refractivity contribution is 9.10. The molecule has 4 nitrogen and oxygen atoms in total. The molecule has 1 fully saturated rings. The lowest BCUT2D eigenvalue weighted by Gasteiger charge is -2.47. The second-order valence-corrected chi connectivity index (χ2v) is 8.91. The van der Waals surface area contributed by atoms with E-state index < -0.39 is 0 Å². The number of halogens is 1. The predicted molar refractivity (Wildman–Crippen MR) is 89.9 cm³/mol. The van der Waals surface area contributed by atoms with Crippen LogP contribution in [0.3, 0.4) is 0 Å². The molecule has 21 heavy (non-hydrogen) atoms. The number of ether oxygens (including phenoxy) is 1. The Balaban J connectivity index is 2.39. The van der Waals surface area contributed by atoms with Gasteiger partial charge in [-0.15, -0.1) is 0 Å². The fourth-order valence-corrected chi connectivity index (χ4v) is 3.23. The average Bonchev–Trinajstić information content (AvgIpc) is 2.22. The number of nitrogens with zero attached hydrogens (tertiary/aromatic N) is 3. The molecule has 0 aromatic carbocycles. The number of rotatable bonds is 1. The molecule has 5 heteroatoms. The molecular weight excluding hydrogens is 330 g/mol. The summed E-state index contributed by atoms with van der Waals surface area (Å²) in [5.41, 5.74) is -0.460. The summed E-state index contributed by atoms with van der Waals surface area (Å²) in [6.45, 7) is 16.5. The molecule has 2 rings (SSSR count). The van der Waals surface area contributed by atoms with Gasteiger partial charge in [-0.2, -0.15) is 0 Å². The molecule has 118 valence electrons. The van der Waals surface area contributed by atoms with E-state index in [0.29, 0.717) is 0 Å². The highest BCUT2D eigenvalue weighted by Gasteiger charge is 2.39. The lowest BCUT2D eigenvalue weighted by molar-refractivity contribution is -0.133. The van der Waals surface area contributed by atoms with Crippen LogP contribution >= 0.6 is 15.9 Å². The Morgan fingerprint density at radius 2 is 1.62 bits per heavy atom. The van der Waals surface area contributed by atoms with Gasteiger partial charge in [0.05, 0.1) is 11.2 Å². The van der Waals surface area contributed by atoms with Crippen molar-refractivity contribution in [1.29, 1.82) is 0 Å². The summed E-state index contributed by atoms with van der Waals surface area (Å²) in [6.07, 6.45) is 0. The lowest BCUT2D eigenvalue weighted by Crippen LogP contribution is -2.57. The van der Waals surface area contributed by atoms with Gasteiger partial charge < -0.3 is 9.64 Å². The van der Waals surface area contributed by atoms with Gasteiger partial charge in [0.2, 0.25) is 0 Å². The van der Waals surface area contributed by atoms with E-state index in [1.807, 2.05) is 6.07 Å². The van der Waals surface area contributed by atoms with Crippen LogP contribution in [0.15, 0.2) is 10.7 Å². The van der Waals surface area contributed by atoms with E-state index in [4.69, 9.17) is 9.72 Å². The first kappa shape index (κ1) is 16.7. The van der Waals surface area contributed by atoms with Crippen molar-refractivity contribution >= 4 is 21.7 Å². The van der Waals surface area contributed by atoms with Crippen molar-refractivity contribution in [3.63, 3.8) is 0 Å². The molecule has 1 saturated heterocycles. The van der Waals surface area contributed by atoms with Gasteiger partial charge in [-0.3, -0.25) is 0 Å². The molecule has 0 spiro atoms. The maximum atomic E-state index is 6.14. The van der Waals surface area contributed by atoms with Gasteiger partial charge in [0.25, 0.3) is 0 Å². The molecule has 1 aliphatic rings. The van der Waals surface area contributed by atoms with Gasteiger partial charge in [-0.05, 0) is 43.6 Å². The van der Waals surface area contributed by atoms with Gasteiger partial charge in [-0.25, -0.2) is 9.97 Å². The van der Waals surface area contributed by atoms with Gasteiger partial charge >= 0.3 is 0 Å². The van der Waals surface area contributed by atoms with Crippen molar-refractivity contribution in [2.45, 2.75) is 65.1 Å². The van der Waals surface area contributed by atoms with Gasteiger partial charge in [0.15, 0.2) is 0 Å². The minimum absolute atomic E-state index is 0.0736. The standard InChI is InChI=1S/C16H26BrN3O/c1-14(2,3)13-18-11(17)8-12(19-13)20-9-15(4,5)21-16(6,7)10-20/h8H,9-10H2,1-7H3. The third-order valence-electron chi connectivity index (χ3n) is 3.37. The first-order valence-corrected chi connectivity index (χ1v) is 8.18. The SMILES string of the molecule is CC1(C)CN(c2cc(Br)nc(C(C)(C)C)n2)CC(C)(C)O1. The monoisotopic (exact) mass is 355 g/mol. The van der Waals surface area contributed by atoms with Crippen molar-refractivity contribution in [2.24, 2.45) is 0 Å². The van der Waals surface area contributed by atoms with Crippen LogP contribution in [0.2, 0.25) is 0 Å². The number of anilines is 1. The molecule has 0 atom stereocenters. The number of hydrogen-bond acceptors (Lipinski definition) is 4. The Labute approximate surface area is 136 Å². The molecule has 1 aromatic rings. The highest BCUT2D eigenvalue weighted by atomic mass is 79.9. The summed E-state index contributed by atoms with van der Waals surface area (Å²) in [5, 5.41) is 0. The van der Waals surface area contributed by atoms with Crippen LogP contribution in [0.1, 0.15) is 54.3 Å². The van der Waals surface area contributed by atoms with Gasteiger partial charge in [-0.1, -0.05) is 20.8 Å². The van der Waals surface area contributed by atoms with Crippen molar-refractivity contribution in [2.75, 3.05) is 18.0 Å². The zero-order chi connectivity index (χ0) is 16.1. The van der Waals surface area contributed by atoms with E-state index >= 15 is 0 Å². The molecule has 0 saturated carbocycles. The largest absolute Gasteiger partial charge is 0.366 e. The number of morpholine rings is 1. The van der Waals surface area contributed by atoms with Crippen LogP contribution in [0.25, 0.3) is 0 Å². The molecule has 0 unspecified atom stereocenters. The fraction of sp³-hybridized carbons (Fsp3) is 0.750. The highest BCUT2D eigenvalue weighted by Crippen LogP contribution is 2.32. The quantitative estimate of drug-likeness (QED) is 0.715. The van der Waals surface area contributed by atoms with Gasteiger partial charge in [0, 0.05) is 24.6 Å². The second-order valence-electron chi connectivity index (χ2n) is 8.10. The van der Waals surface area contributed by atoms with Crippen LogP contribution in [-0.2, 0) is 10.2 Å². The molecule has 2 heterocycles. The Morgan fingerprint density at radius 1 is 1.10 bits per heavy atom. The van der Waals surface area contributed by atoms with Crippen LogP contribution < -0.4 is 4.90 Å². The van der Waals surface area contributed by atoms with Crippen molar-refractivity contribution < 1.29 is 4.74 Å². The van der Waals surface area contributed by atoms with Crippen LogP contribution in [0, 0.1) is 0 Å². The molecule has 0 N–H and O–H groups in total. The molecule has 0 radical (unpaired) electrons. The van der Waals surface area contributed by atoms with Gasteiger partial charge in [0.1, 0.15) is 16.2 Å². The van der Waals surface area contributed by atoms with Crippen LogP contribution in [0.5, 0.6) is 0 Å². The zero-order valence-electron chi connectivity index (χ0n) is 14.1. The Bertz CT molecular complexity index is 519. The topological polar surface area (TPSA) is 38.2 Å². The smallest absolute Gasteiger partial charge is 0.137 e. The Kier molecular flexibility index (Phi) is 4.13. The Morgan fingerprint density at radius 3 is 2.10 bits per heavy atom. The first-order chi connectivity index (χ1) is 9.38. The molecule has 0 bridgehead atoms. The summed E-state index contributed by atoms with van der Waals surface area (Å²) in [7, 11) is 0. The van der Waals surface area contributed by atoms with Crippen LogP contribution in [-0.4, -0.2) is 34.3 Å². The summed E-state index contributed by atoms with van der Waals surface area (Å²) >= 11 is 3.52. The minimum atomic E-state index is -0.193. The molecule has 1 aromatic heterocycles. The fourth-order valence-electron chi connectivity index (χ4n) is 2.85. The van der Waals surface area contributed by atoms with E-state index in [0.717, 1.165) is 29.3 Å². The lowest BCUT2D eigenvalue weighted by atomic mass is 9.95. The summed E-state index contributed by atoms with van der Waals surface area (Å²) < 4.78 is 6.98. The molecule has 0 aliphatic carbocycles. The minimum Gasteiger partial charge on any atom is -0.366 e. The maximum Gasteiger partial charge on any atom is 0.137 e. The average molecular weight is 356 g/mol. The van der Waals surface area contributed by atoms with Crippen molar-refractivity contribution in [3.8, 4) is 0 Å². The van der Waals surface area contributed by atoms with E-state index in [9.17, 15) is 0 Å². The number of hydrogen-bond donors (Lipinski definition) is 0. The normalized spacial score (nSPS) is 21.4. The van der Waals surface area contributed by atoms with Crippen molar-refractivity contribution in [3.05, 3.63) is 16.5 Å². The first-order valence-electron chi connectivity index (χ1n) is 7.38. The maximum absolute atomic E-state index is 6.14. The Hall–Kier alpha value is -0.680. The molecular formula is C16H26BrN3O. The molecule has 1 aliphatic heterocycles. The van der Waals surface area contributed by atoms with Crippen LogP contribution in [0.4, 0.5) is 5.82 Å². The predicted octanol–water partition coefficient (Wildman–Crippen LogP) is 3.93. The second kappa shape index (κ2) is 5.20. The van der Waals surface area contributed by atoms with E-state index in [1.165, 1.54) is 0 Å². The molecule has 0 amide bonds.